The van der Waals surface area contributed by atoms with Gasteiger partial charge in [0.05, 0.1) is 13.0 Å². The van der Waals surface area contributed by atoms with Crippen LogP contribution in [0.2, 0.25) is 0 Å². The Morgan fingerprint density at radius 3 is 2.34 bits per heavy atom. The number of Topliss-reactive ketones (excluding diaryl/α,β-unsaturated/α-hetero) is 1. The van der Waals surface area contributed by atoms with Gasteiger partial charge in [-0.15, -0.1) is 0 Å². The molecule has 0 spiro atoms. The van der Waals surface area contributed by atoms with Gasteiger partial charge in [-0.1, -0.05) is 60.7 Å². The van der Waals surface area contributed by atoms with Crippen molar-refractivity contribution < 1.29 is 14.5 Å². The number of fused-ring (bicyclic) bond motifs is 3. The Hall–Kier alpha value is -3.93. The van der Waals surface area contributed by atoms with Gasteiger partial charge in [-0.25, -0.2) is 0 Å². The lowest BCUT2D eigenvalue weighted by atomic mass is 9.84. The van der Waals surface area contributed by atoms with E-state index in [0.717, 1.165) is 16.8 Å². The van der Waals surface area contributed by atoms with Crippen LogP contribution in [0, 0.1) is 10.1 Å². The summed E-state index contributed by atoms with van der Waals surface area (Å²) in [4.78, 5) is 28.0. The number of ketones is 1. The van der Waals surface area contributed by atoms with Gasteiger partial charge in [-0.3, -0.25) is 14.9 Å². The largest absolute Gasteiger partial charge is 0.497 e. The SMILES string of the molecule is COc1ccc(C(=O)[C@H]2[C@H](c3ccccc3)[C@H]([N+](=O)[O-])[C@H]3C=Cc4ccccc4N32)cc1. The van der Waals surface area contributed by atoms with Crippen LogP contribution in [0.4, 0.5) is 5.69 Å². The molecule has 3 aromatic rings. The molecule has 6 nitrogen and oxygen atoms in total. The van der Waals surface area contributed by atoms with E-state index in [4.69, 9.17) is 4.74 Å². The van der Waals surface area contributed by atoms with E-state index < -0.39 is 24.0 Å². The van der Waals surface area contributed by atoms with E-state index in [9.17, 15) is 14.9 Å². The Balaban J connectivity index is 1.69. The first kappa shape index (κ1) is 20.0. The monoisotopic (exact) mass is 426 g/mol. The molecule has 0 aromatic heterocycles. The molecule has 0 amide bonds. The number of carbonyl (C=O) groups is 1. The minimum Gasteiger partial charge on any atom is -0.497 e. The molecular weight excluding hydrogens is 404 g/mol. The molecule has 0 unspecified atom stereocenters. The molecule has 0 aliphatic carbocycles. The summed E-state index contributed by atoms with van der Waals surface area (Å²) in [5.74, 6) is -0.0811. The number of ether oxygens (including phenoxy) is 1. The summed E-state index contributed by atoms with van der Waals surface area (Å²) in [6.07, 6.45) is 3.79. The third kappa shape index (κ3) is 3.15. The van der Waals surface area contributed by atoms with E-state index in [2.05, 4.69) is 0 Å². The minimum atomic E-state index is -0.950. The quantitative estimate of drug-likeness (QED) is 0.339. The number of hydrogen-bond donors (Lipinski definition) is 0. The summed E-state index contributed by atoms with van der Waals surface area (Å²) < 4.78 is 5.23. The first-order valence-corrected chi connectivity index (χ1v) is 10.5. The van der Waals surface area contributed by atoms with Gasteiger partial charge >= 0.3 is 0 Å². The highest BCUT2D eigenvalue weighted by Gasteiger charge is 2.58. The predicted molar refractivity (Wildman–Crippen MR) is 123 cm³/mol. The second kappa shape index (κ2) is 7.96. The standard InChI is InChI=1S/C26H22N2O4/c1-32-20-14-11-19(12-15-20)26(29)25-23(18-8-3-2-4-9-18)24(28(30)31)22-16-13-17-7-5-6-10-21(17)27(22)25/h2-16,22-25H,1H3/t22-,23-,24-,25-/m1/s1. The van der Waals surface area contributed by atoms with Crippen LogP contribution < -0.4 is 9.64 Å². The Morgan fingerprint density at radius 2 is 1.66 bits per heavy atom. The van der Waals surface area contributed by atoms with Gasteiger partial charge in [-0.05, 0) is 41.5 Å². The molecule has 0 saturated carbocycles. The van der Waals surface area contributed by atoms with Crippen molar-refractivity contribution in [1.82, 2.24) is 0 Å². The van der Waals surface area contributed by atoms with Crippen LogP contribution in [-0.2, 0) is 0 Å². The number of hydrogen-bond acceptors (Lipinski definition) is 5. The van der Waals surface area contributed by atoms with Crippen LogP contribution in [0.15, 0.2) is 84.9 Å². The smallest absolute Gasteiger partial charge is 0.245 e. The summed E-state index contributed by atoms with van der Waals surface area (Å²) in [7, 11) is 1.57. The molecule has 3 aromatic carbocycles. The molecule has 2 heterocycles. The summed E-state index contributed by atoms with van der Waals surface area (Å²) in [5.41, 5.74) is 3.09. The minimum absolute atomic E-state index is 0.138. The van der Waals surface area contributed by atoms with Crippen LogP contribution in [0.25, 0.3) is 6.08 Å². The lowest BCUT2D eigenvalue weighted by molar-refractivity contribution is -0.524. The number of para-hydroxylation sites is 1. The van der Waals surface area contributed by atoms with Gasteiger partial charge < -0.3 is 9.64 Å². The number of anilines is 1. The third-order valence-corrected chi connectivity index (χ3v) is 6.44. The number of benzene rings is 3. The van der Waals surface area contributed by atoms with Crippen molar-refractivity contribution in [1.29, 1.82) is 0 Å². The molecule has 2 aliphatic heterocycles. The highest BCUT2D eigenvalue weighted by molar-refractivity contribution is 6.04. The molecule has 1 saturated heterocycles. The van der Waals surface area contributed by atoms with Gasteiger partial charge in [0, 0.05) is 16.2 Å². The molecule has 0 N–H and O–H groups in total. The van der Waals surface area contributed by atoms with E-state index in [0.29, 0.717) is 11.3 Å². The summed E-state index contributed by atoms with van der Waals surface area (Å²) in [6.45, 7) is 0. The number of rotatable bonds is 5. The molecule has 2 aliphatic rings. The number of carbonyl (C=O) groups excluding carboxylic acids is 1. The predicted octanol–water partition coefficient (Wildman–Crippen LogP) is 4.59. The normalized spacial score (nSPS) is 23.3. The molecule has 160 valence electrons. The fraction of sp³-hybridized carbons (Fsp3) is 0.192. The van der Waals surface area contributed by atoms with Crippen LogP contribution >= 0.6 is 0 Å². The van der Waals surface area contributed by atoms with Crippen molar-refractivity contribution >= 4 is 17.5 Å². The van der Waals surface area contributed by atoms with E-state index in [1.54, 1.807) is 31.4 Å². The zero-order valence-corrected chi connectivity index (χ0v) is 17.5. The van der Waals surface area contributed by atoms with Gasteiger partial charge in [0.1, 0.15) is 17.8 Å². The van der Waals surface area contributed by atoms with Crippen LogP contribution in [0.3, 0.4) is 0 Å². The molecule has 1 fully saturated rings. The first-order chi connectivity index (χ1) is 15.6. The lowest BCUT2D eigenvalue weighted by Gasteiger charge is -2.34. The number of nitro groups is 1. The van der Waals surface area contributed by atoms with E-state index in [1.165, 1.54) is 0 Å². The second-order valence-electron chi connectivity index (χ2n) is 8.07. The molecule has 5 rings (SSSR count). The average molecular weight is 426 g/mol. The number of methoxy groups -OCH3 is 1. The maximum atomic E-state index is 13.9. The molecule has 0 radical (unpaired) electrons. The van der Waals surface area contributed by atoms with Crippen molar-refractivity contribution in [2.45, 2.75) is 24.0 Å². The zero-order valence-electron chi connectivity index (χ0n) is 17.5. The lowest BCUT2D eigenvalue weighted by Crippen LogP contribution is -2.44. The van der Waals surface area contributed by atoms with Crippen LogP contribution in [-0.4, -0.2) is 35.9 Å². The molecule has 6 heteroatoms. The average Bonchev–Trinajstić information content (AvgIpc) is 3.20. The van der Waals surface area contributed by atoms with E-state index in [1.807, 2.05) is 71.6 Å². The van der Waals surface area contributed by atoms with Crippen molar-refractivity contribution in [2.24, 2.45) is 0 Å². The van der Waals surface area contributed by atoms with Crippen LogP contribution in [0.5, 0.6) is 5.75 Å². The molecule has 32 heavy (non-hydrogen) atoms. The first-order valence-electron chi connectivity index (χ1n) is 10.5. The van der Waals surface area contributed by atoms with Crippen molar-refractivity contribution in [3.05, 3.63) is 112 Å². The Labute approximate surface area is 185 Å². The van der Waals surface area contributed by atoms with E-state index in [-0.39, 0.29) is 10.7 Å². The highest BCUT2D eigenvalue weighted by atomic mass is 16.6. The Morgan fingerprint density at radius 1 is 0.969 bits per heavy atom. The maximum absolute atomic E-state index is 13.9. The van der Waals surface area contributed by atoms with Gasteiger partial charge in [0.2, 0.25) is 6.04 Å². The second-order valence-corrected chi connectivity index (χ2v) is 8.07. The van der Waals surface area contributed by atoms with Crippen LogP contribution in [0.1, 0.15) is 27.4 Å². The Bertz CT molecular complexity index is 1190. The fourth-order valence-corrected chi connectivity index (χ4v) is 5.03. The molecule has 0 bridgehead atoms. The zero-order chi connectivity index (χ0) is 22.2. The number of nitrogens with zero attached hydrogens (tertiary/aromatic N) is 2. The van der Waals surface area contributed by atoms with Gasteiger partial charge in [-0.2, -0.15) is 0 Å². The van der Waals surface area contributed by atoms with Crippen molar-refractivity contribution in [3.8, 4) is 5.75 Å². The maximum Gasteiger partial charge on any atom is 0.245 e. The van der Waals surface area contributed by atoms with E-state index >= 15 is 0 Å². The highest BCUT2D eigenvalue weighted by Crippen LogP contribution is 2.46. The summed E-state index contributed by atoms with van der Waals surface area (Å²) >= 11 is 0. The molecular formula is C26H22N2O4. The van der Waals surface area contributed by atoms with Gasteiger partial charge in [0.25, 0.3) is 0 Å². The topological polar surface area (TPSA) is 72.7 Å². The fourth-order valence-electron chi connectivity index (χ4n) is 5.03. The summed E-state index contributed by atoms with van der Waals surface area (Å²) in [5, 5.41) is 12.4. The Kier molecular flexibility index (Phi) is 4.98. The van der Waals surface area contributed by atoms with Crippen molar-refractivity contribution in [2.75, 3.05) is 12.0 Å². The van der Waals surface area contributed by atoms with Crippen molar-refractivity contribution in [3.63, 3.8) is 0 Å². The third-order valence-electron chi connectivity index (χ3n) is 6.44. The summed E-state index contributed by atoms with van der Waals surface area (Å²) in [6, 6.07) is 21.9. The van der Waals surface area contributed by atoms with Gasteiger partial charge in [0.15, 0.2) is 5.78 Å². The molecule has 4 atom stereocenters.